The summed E-state index contributed by atoms with van der Waals surface area (Å²) in [7, 11) is 4.82. The van der Waals surface area contributed by atoms with Crippen LogP contribution in [-0.4, -0.2) is 39.5 Å². The standard InChI is InChI=1S/C20H24N2O4/c1-24-16-8-9-17(18(10-16)25-2)22-19(23)21-13-20(26-3)11-14-6-4-5-7-15(14)12-20/h4-10H,11-13H2,1-3H3,(H2,21,22,23). The number of carbonyl (C=O) groups is 1. The van der Waals surface area contributed by atoms with Gasteiger partial charge in [0.1, 0.15) is 11.5 Å². The number of hydrogen-bond donors (Lipinski definition) is 2. The number of urea groups is 1. The van der Waals surface area contributed by atoms with Crippen molar-refractivity contribution in [2.45, 2.75) is 18.4 Å². The van der Waals surface area contributed by atoms with Crippen LogP contribution < -0.4 is 20.1 Å². The largest absolute Gasteiger partial charge is 0.497 e. The number of carbonyl (C=O) groups excluding carboxylic acids is 1. The molecule has 1 aliphatic rings. The van der Waals surface area contributed by atoms with E-state index in [0.717, 1.165) is 12.8 Å². The Hall–Kier alpha value is -2.73. The van der Waals surface area contributed by atoms with E-state index in [-0.39, 0.29) is 6.03 Å². The lowest BCUT2D eigenvalue weighted by Gasteiger charge is -2.27. The molecule has 0 atom stereocenters. The second-order valence-electron chi connectivity index (χ2n) is 6.38. The second kappa shape index (κ2) is 7.66. The summed E-state index contributed by atoms with van der Waals surface area (Å²) >= 11 is 0. The number of rotatable bonds is 6. The highest BCUT2D eigenvalue weighted by Crippen LogP contribution is 2.32. The van der Waals surface area contributed by atoms with E-state index in [2.05, 4.69) is 22.8 Å². The molecule has 2 N–H and O–H groups in total. The first-order valence-electron chi connectivity index (χ1n) is 8.48. The summed E-state index contributed by atoms with van der Waals surface area (Å²) in [4.78, 5) is 12.4. The van der Waals surface area contributed by atoms with Crippen molar-refractivity contribution in [3.63, 3.8) is 0 Å². The highest BCUT2D eigenvalue weighted by atomic mass is 16.5. The molecular formula is C20H24N2O4. The first-order valence-corrected chi connectivity index (χ1v) is 8.48. The Morgan fingerprint density at radius 1 is 1.04 bits per heavy atom. The van der Waals surface area contributed by atoms with E-state index in [1.54, 1.807) is 39.5 Å². The van der Waals surface area contributed by atoms with E-state index in [1.165, 1.54) is 11.1 Å². The van der Waals surface area contributed by atoms with Crippen LogP contribution in [0.25, 0.3) is 0 Å². The minimum Gasteiger partial charge on any atom is -0.497 e. The summed E-state index contributed by atoms with van der Waals surface area (Å²) in [5, 5.41) is 5.73. The van der Waals surface area contributed by atoms with Gasteiger partial charge in [0.15, 0.2) is 0 Å². The Morgan fingerprint density at radius 2 is 1.73 bits per heavy atom. The van der Waals surface area contributed by atoms with Gasteiger partial charge in [0, 0.05) is 32.6 Å². The minimum atomic E-state index is -0.412. The number of nitrogens with one attached hydrogen (secondary N) is 2. The number of ether oxygens (including phenoxy) is 3. The highest BCUT2D eigenvalue weighted by Gasteiger charge is 2.37. The molecule has 0 bridgehead atoms. The van der Waals surface area contributed by atoms with Crippen molar-refractivity contribution in [3.8, 4) is 11.5 Å². The molecule has 0 unspecified atom stereocenters. The minimum absolute atomic E-state index is 0.305. The van der Waals surface area contributed by atoms with Gasteiger partial charge in [-0.25, -0.2) is 4.79 Å². The van der Waals surface area contributed by atoms with E-state index in [0.29, 0.717) is 23.7 Å². The second-order valence-corrected chi connectivity index (χ2v) is 6.38. The smallest absolute Gasteiger partial charge is 0.319 e. The van der Waals surface area contributed by atoms with Gasteiger partial charge in [-0.2, -0.15) is 0 Å². The highest BCUT2D eigenvalue weighted by molar-refractivity contribution is 5.91. The van der Waals surface area contributed by atoms with Crippen LogP contribution in [0.4, 0.5) is 10.5 Å². The topological polar surface area (TPSA) is 68.8 Å². The third-order valence-electron chi connectivity index (χ3n) is 4.80. The summed E-state index contributed by atoms with van der Waals surface area (Å²) in [6.07, 6.45) is 1.57. The molecule has 6 nitrogen and oxygen atoms in total. The molecule has 0 aliphatic heterocycles. The Bertz CT molecular complexity index is 766. The van der Waals surface area contributed by atoms with E-state index in [1.807, 2.05) is 12.1 Å². The summed E-state index contributed by atoms with van der Waals surface area (Å²) in [6.45, 7) is 0.419. The molecule has 138 valence electrons. The van der Waals surface area contributed by atoms with Gasteiger partial charge < -0.3 is 24.8 Å². The zero-order valence-corrected chi connectivity index (χ0v) is 15.3. The van der Waals surface area contributed by atoms with Gasteiger partial charge in [-0.05, 0) is 23.3 Å². The molecule has 1 aliphatic carbocycles. The van der Waals surface area contributed by atoms with Crippen LogP contribution in [0.5, 0.6) is 11.5 Å². The number of anilines is 1. The Morgan fingerprint density at radius 3 is 2.31 bits per heavy atom. The third-order valence-corrected chi connectivity index (χ3v) is 4.80. The maximum absolute atomic E-state index is 12.4. The maximum atomic E-state index is 12.4. The lowest BCUT2D eigenvalue weighted by atomic mass is 10.0. The van der Waals surface area contributed by atoms with Gasteiger partial charge >= 0.3 is 6.03 Å². The fraction of sp³-hybridized carbons (Fsp3) is 0.350. The summed E-state index contributed by atoms with van der Waals surface area (Å²) in [6, 6.07) is 13.2. The predicted octanol–water partition coefficient (Wildman–Crippen LogP) is 3.01. The first kappa shape index (κ1) is 18.1. The van der Waals surface area contributed by atoms with Crippen molar-refractivity contribution in [3.05, 3.63) is 53.6 Å². The summed E-state index contributed by atoms with van der Waals surface area (Å²) in [5.41, 5.74) is 2.71. The lowest BCUT2D eigenvalue weighted by Crippen LogP contribution is -2.46. The van der Waals surface area contributed by atoms with Crippen molar-refractivity contribution < 1.29 is 19.0 Å². The summed E-state index contributed by atoms with van der Waals surface area (Å²) < 4.78 is 16.2. The van der Waals surface area contributed by atoms with Crippen LogP contribution in [0.15, 0.2) is 42.5 Å². The van der Waals surface area contributed by atoms with E-state index < -0.39 is 5.60 Å². The van der Waals surface area contributed by atoms with Gasteiger partial charge in [0.2, 0.25) is 0 Å². The molecule has 0 heterocycles. The van der Waals surface area contributed by atoms with Crippen LogP contribution >= 0.6 is 0 Å². The zero-order valence-electron chi connectivity index (χ0n) is 15.3. The molecule has 2 aromatic carbocycles. The van der Waals surface area contributed by atoms with Crippen molar-refractivity contribution in [2.75, 3.05) is 33.2 Å². The van der Waals surface area contributed by atoms with E-state index >= 15 is 0 Å². The molecule has 0 saturated carbocycles. The molecular weight excluding hydrogens is 332 g/mol. The van der Waals surface area contributed by atoms with Crippen LogP contribution in [0.3, 0.4) is 0 Å². The fourth-order valence-corrected chi connectivity index (χ4v) is 3.31. The average molecular weight is 356 g/mol. The SMILES string of the molecule is COc1ccc(NC(=O)NCC2(OC)Cc3ccccc3C2)c(OC)c1. The molecule has 2 amide bonds. The monoisotopic (exact) mass is 356 g/mol. The Kier molecular flexibility index (Phi) is 5.32. The predicted molar refractivity (Wildman–Crippen MR) is 100 cm³/mol. The third kappa shape index (κ3) is 3.75. The van der Waals surface area contributed by atoms with Gasteiger partial charge in [-0.3, -0.25) is 0 Å². The number of methoxy groups -OCH3 is 3. The van der Waals surface area contributed by atoms with Crippen molar-refractivity contribution in [1.29, 1.82) is 0 Å². The Balaban J connectivity index is 1.62. The van der Waals surface area contributed by atoms with Gasteiger partial charge in [-0.15, -0.1) is 0 Å². The quantitative estimate of drug-likeness (QED) is 0.835. The number of fused-ring (bicyclic) bond motifs is 1. The normalized spacial score (nSPS) is 14.4. The average Bonchev–Trinajstić information content (AvgIpc) is 3.06. The van der Waals surface area contributed by atoms with Gasteiger partial charge in [-0.1, -0.05) is 24.3 Å². The Labute approximate surface area is 153 Å². The molecule has 0 radical (unpaired) electrons. The van der Waals surface area contributed by atoms with Crippen molar-refractivity contribution >= 4 is 11.7 Å². The fourth-order valence-electron chi connectivity index (χ4n) is 3.31. The molecule has 0 aromatic heterocycles. The van der Waals surface area contributed by atoms with E-state index in [4.69, 9.17) is 14.2 Å². The molecule has 0 saturated heterocycles. The summed E-state index contributed by atoms with van der Waals surface area (Å²) in [5.74, 6) is 1.20. The molecule has 3 rings (SSSR count). The number of hydrogen-bond acceptors (Lipinski definition) is 4. The molecule has 0 fully saturated rings. The van der Waals surface area contributed by atoms with Crippen molar-refractivity contribution in [1.82, 2.24) is 5.32 Å². The van der Waals surface area contributed by atoms with Crippen LogP contribution in [-0.2, 0) is 17.6 Å². The molecule has 26 heavy (non-hydrogen) atoms. The number of benzene rings is 2. The van der Waals surface area contributed by atoms with Crippen LogP contribution in [0.1, 0.15) is 11.1 Å². The van der Waals surface area contributed by atoms with Gasteiger partial charge in [0.25, 0.3) is 0 Å². The van der Waals surface area contributed by atoms with Crippen LogP contribution in [0.2, 0.25) is 0 Å². The van der Waals surface area contributed by atoms with Crippen LogP contribution in [0, 0.1) is 0 Å². The maximum Gasteiger partial charge on any atom is 0.319 e. The first-order chi connectivity index (χ1) is 12.6. The zero-order chi connectivity index (χ0) is 18.6. The molecule has 2 aromatic rings. The lowest BCUT2D eigenvalue weighted by molar-refractivity contribution is 0.00208. The van der Waals surface area contributed by atoms with Crippen molar-refractivity contribution in [2.24, 2.45) is 0 Å². The van der Waals surface area contributed by atoms with Gasteiger partial charge in [0.05, 0.1) is 25.5 Å². The van der Waals surface area contributed by atoms with E-state index in [9.17, 15) is 4.79 Å². The number of amides is 2. The molecule has 0 spiro atoms. The molecule has 6 heteroatoms.